The van der Waals surface area contributed by atoms with Crippen molar-refractivity contribution >= 4 is 33.3 Å². The first kappa shape index (κ1) is 37.1. The van der Waals surface area contributed by atoms with E-state index in [1.165, 1.54) is 67.0 Å². The minimum absolute atomic E-state index is 0.158. The Labute approximate surface area is 344 Å². The molecule has 1 fully saturated rings. The summed E-state index contributed by atoms with van der Waals surface area (Å²) >= 11 is 0. The fourth-order valence-electron chi connectivity index (χ4n) is 11.9. The Morgan fingerprint density at radius 1 is 0.810 bits per heavy atom. The molecule has 4 aliphatic heterocycles. The first-order valence-corrected chi connectivity index (χ1v) is 21.7. The highest BCUT2D eigenvalue weighted by Gasteiger charge is 2.70. The Morgan fingerprint density at radius 3 is 2.28 bits per heavy atom. The Bertz CT molecular complexity index is 2820. The van der Waals surface area contributed by atoms with Gasteiger partial charge < -0.3 is 4.42 Å². The Hall–Kier alpha value is -5.23. The predicted molar refractivity (Wildman–Crippen MR) is 241 cm³/mol. The predicted octanol–water partition coefficient (Wildman–Crippen LogP) is 13.2. The average molecular weight is 768 g/mol. The number of nitrogens with zero attached hydrogens (tertiary/aromatic N) is 4. The molecule has 0 amide bonds. The molecule has 6 unspecified atom stereocenters. The smallest absolute Gasteiger partial charge is 0.294 e. The molecule has 4 aliphatic rings. The second-order valence-corrected chi connectivity index (χ2v) is 18.8. The minimum Gasteiger partial charge on any atom is -0.456 e. The van der Waals surface area contributed by atoms with Gasteiger partial charge in [-0.1, -0.05) is 115 Å². The molecule has 1 saturated heterocycles. The van der Waals surface area contributed by atoms with Gasteiger partial charge in [0.05, 0.1) is 5.56 Å². The van der Waals surface area contributed by atoms with E-state index >= 15 is 0 Å². The lowest BCUT2D eigenvalue weighted by Gasteiger charge is -2.53. The summed E-state index contributed by atoms with van der Waals surface area (Å²) in [4.78, 5) is 0. The van der Waals surface area contributed by atoms with Gasteiger partial charge in [0, 0.05) is 57.9 Å². The van der Waals surface area contributed by atoms with E-state index < -0.39 is 0 Å². The molecule has 0 saturated carbocycles. The quantitative estimate of drug-likeness (QED) is 0.111. The average Bonchev–Trinajstić information content (AvgIpc) is 4.02. The summed E-state index contributed by atoms with van der Waals surface area (Å²) in [6.45, 7) is 25.0. The van der Waals surface area contributed by atoms with Gasteiger partial charge in [-0.05, 0) is 67.5 Å². The third-order valence-electron chi connectivity index (χ3n) is 15.7. The van der Waals surface area contributed by atoms with E-state index in [1.54, 1.807) is 0 Å². The number of imidazole rings is 1. The van der Waals surface area contributed by atoms with Crippen LogP contribution >= 0.6 is 0 Å². The highest BCUT2D eigenvalue weighted by molar-refractivity contribution is 6.07. The van der Waals surface area contributed by atoms with Crippen LogP contribution < -0.4 is 13.5 Å². The van der Waals surface area contributed by atoms with Crippen molar-refractivity contribution in [1.82, 2.24) is 13.5 Å². The molecule has 5 aromatic carbocycles. The first-order chi connectivity index (χ1) is 27.8. The van der Waals surface area contributed by atoms with Crippen LogP contribution in [0.1, 0.15) is 114 Å². The summed E-state index contributed by atoms with van der Waals surface area (Å²) in [7, 11) is 0. The molecule has 294 valence electrons. The van der Waals surface area contributed by atoms with Gasteiger partial charge in [0.25, 0.3) is 5.82 Å². The second-order valence-electron chi connectivity index (χ2n) is 18.8. The van der Waals surface area contributed by atoms with Crippen LogP contribution in [-0.4, -0.2) is 17.4 Å². The summed E-state index contributed by atoms with van der Waals surface area (Å²) in [6.07, 6.45) is 11.1. The maximum atomic E-state index is 6.80. The van der Waals surface area contributed by atoms with Crippen molar-refractivity contribution in [1.29, 1.82) is 0 Å². The van der Waals surface area contributed by atoms with Crippen LogP contribution in [0.25, 0.3) is 39.0 Å². The summed E-state index contributed by atoms with van der Waals surface area (Å²) in [5.74, 6) is 1.98. The molecule has 6 atom stereocenters. The molecule has 2 bridgehead atoms. The number of quaternary nitrogens is 2. The number of furan rings is 1. The zero-order chi connectivity index (χ0) is 40.5. The molecular formula is C53H59N4O+3. The van der Waals surface area contributed by atoms with E-state index in [-0.39, 0.29) is 22.8 Å². The number of hydrogen-bond acceptors (Lipinski definition) is 1. The fourth-order valence-corrected chi connectivity index (χ4v) is 11.9. The lowest BCUT2D eigenvalue weighted by Crippen LogP contribution is -2.79. The van der Waals surface area contributed by atoms with Crippen molar-refractivity contribution in [2.45, 2.75) is 111 Å². The van der Waals surface area contributed by atoms with Gasteiger partial charge in [0.2, 0.25) is 12.8 Å². The van der Waals surface area contributed by atoms with Gasteiger partial charge in [0.1, 0.15) is 46.2 Å². The van der Waals surface area contributed by atoms with Crippen LogP contribution in [0.4, 0.5) is 11.4 Å². The number of aromatic nitrogens is 2. The molecule has 0 N–H and O–H groups in total. The van der Waals surface area contributed by atoms with Crippen molar-refractivity contribution < 1.29 is 8.98 Å². The molecule has 5 nitrogen and oxygen atoms in total. The monoisotopic (exact) mass is 767 g/mol. The van der Waals surface area contributed by atoms with E-state index in [1.807, 2.05) is 0 Å². The third kappa shape index (κ3) is 4.58. The van der Waals surface area contributed by atoms with E-state index in [0.717, 1.165) is 33.2 Å². The summed E-state index contributed by atoms with van der Waals surface area (Å²) in [5.41, 5.74) is 13.7. The molecule has 5 heteroatoms. The van der Waals surface area contributed by atoms with Crippen LogP contribution in [-0.2, 0) is 11.0 Å². The van der Waals surface area contributed by atoms with Gasteiger partial charge in [-0.2, -0.15) is 13.5 Å². The van der Waals surface area contributed by atoms with E-state index in [0.29, 0.717) is 12.1 Å². The minimum atomic E-state index is -0.308. The molecular weight excluding hydrogens is 709 g/mol. The van der Waals surface area contributed by atoms with Gasteiger partial charge in [-0.15, -0.1) is 0 Å². The van der Waals surface area contributed by atoms with Gasteiger partial charge in [-0.25, -0.2) is 4.57 Å². The van der Waals surface area contributed by atoms with Crippen LogP contribution in [0.15, 0.2) is 132 Å². The summed E-state index contributed by atoms with van der Waals surface area (Å²) in [6, 6.07) is 38.8. The molecule has 6 heterocycles. The van der Waals surface area contributed by atoms with Crippen molar-refractivity contribution in [3.05, 3.63) is 156 Å². The highest BCUT2D eigenvalue weighted by Crippen LogP contribution is 2.56. The second kappa shape index (κ2) is 12.6. The van der Waals surface area contributed by atoms with Crippen molar-refractivity contribution in [3.8, 4) is 17.1 Å². The summed E-state index contributed by atoms with van der Waals surface area (Å²) in [5, 5.41) is 2.40. The maximum absolute atomic E-state index is 6.80. The van der Waals surface area contributed by atoms with Crippen LogP contribution in [0.3, 0.4) is 0 Å². The van der Waals surface area contributed by atoms with Crippen LogP contribution in [0.2, 0.25) is 0 Å². The lowest BCUT2D eigenvalue weighted by molar-refractivity contribution is -0.767. The van der Waals surface area contributed by atoms with Gasteiger partial charge >= 0.3 is 0 Å². The van der Waals surface area contributed by atoms with E-state index in [4.69, 9.17) is 4.42 Å². The van der Waals surface area contributed by atoms with E-state index in [2.05, 4.69) is 206 Å². The third-order valence-corrected chi connectivity index (χ3v) is 15.7. The Balaban J connectivity index is 1.16. The van der Waals surface area contributed by atoms with Crippen LogP contribution in [0.5, 0.6) is 0 Å². The van der Waals surface area contributed by atoms with Gasteiger partial charge in [-0.3, -0.25) is 0 Å². The zero-order valence-corrected chi connectivity index (χ0v) is 36.0. The number of benzene rings is 5. The van der Waals surface area contributed by atoms with Crippen molar-refractivity contribution in [2.75, 3.05) is 6.67 Å². The van der Waals surface area contributed by atoms with E-state index in [9.17, 15) is 0 Å². The SMILES string of the molecule is CCC1(C)c2ccccc2-c2n(-c3c(C(C)C)cc4c(oc5ccccc54)c3C(C)C)cc[n+]2C1(C)C(C)c1cccc([N+]23C=C[N+](c4ccccc4C)(C2)C3C)c1. The largest absolute Gasteiger partial charge is 0.456 e. The van der Waals surface area contributed by atoms with Crippen molar-refractivity contribution in [3.63, 3.8) is 0 Å². The first-order valence-electron chi connectivity index (χ1n) is 21.7. The molecule has 7 aromatic rings. The Kier molecular flexibility index (Phi) is 8.07. The number of rotatable bonds is 8. The van der Waals surface area contributed by atoms with Crippen molar-refractivity contribution in [2.24, 2.45) is 0 Å². The number of hydrogen-bond donors (Lipinski definition) is 0. The number of aryl methyl sites for hydroxylation is 1. The lowest BCUT2D eigenvalue weighted by atomic mass is 9.57. The maximum Gasteiger partial charge on any atom is 0.294 e. The molecule has 0 spiro atoms. The molecule has 0 aliphatic carbocycles. The molecule has 11 rings (SSSR count). The highest BCUT2D eigenvalue weighted by atomic mass is 16.3. The normalized spacial score (nSPS) is 26.4. The Morgan fingerprint density at radius 2 is 1.53 bits per heavy atom. The summed E-state index contributed by atoms with van der Waals surface area (Å²) < 4.78 is 13.8. The fraction of sp³-hybridized carbons (Fsp3) is 0.340. The number of fused-ring (bicyclic) bond motifs is 6. The zero-order valence-electron chi connectivity index (χ0n) is 36.0. The van der Waals surface area contributed by atoms with Crippen LogP contribution in [0, 0.1) is 6.92 Å². The molecule has 2 aromatic heterocycles. The molecule has 58 heavy (non-hydrogen) atoms. The standard InChI is InChI=1S/C53H59N4O/c1-11-52(9)45-24-15-13-23-42(45)51-54(49-43(34(2)3)32-44-41-22-14-17-26-47(41)58-50(44)48(49)35(4)5)27-28-55(51)53(52,10)37(7)39-20-18-21-40(31-39)56-29-30-57(33-56,38(56)8)46-25-16-12-19-36(46)6/h12-32,34-35,37-38H,11,33H2,1-10H3/q+3. The topological polar surface area (TPSA) is 21.9 Å². The van der Waals surface area contributed by atoms with Gasteiger partial charge in [0.15, 0.2) is 12.4 Å². The number of para-hydroxylation sites is 2. The molecule has 0 radical (unpaired) electrons.